The molecule has 1 amide bonds. The number of halogens is 2. The van der Waals surface area contributed by atoms with Crippen LogP contribution in [0.5, 0.6) is 5.75 Å². The van der Waals surface area contributed by atoms with Crippen LogP contribution in [0.2, 0.25) is 0 Å². The largest absolute Gasteiger partial charge is 0.505 e. The molecule has 3 aromatic rings. The SMILES string of the molecule is C=C[C@@H]1C[C@H](N)C[C@H](c2ccncc2NC(=O)c2csc(-c3c(F)ccc(O)c3F)n2)C1. The van der Waals surface area contributed by atoms with Gasteiger partial charge in [0.05, 0.1) is 17.4 Å². The highest BCUT2D eigenvalue weighted by Gasteiger charge is 2.28. The quantitative estimate of drug-likeness (QED) is 0.477. The zero-order chi connectivity index (χ0) is 22.8. The summed E-state index contributed by atoms with van der Waals surface area (Å²) in [5.74, 6) is -2.77. The van der Waals surface area contributed by atoms with Gasteiger partial charge >= 0.3 is 0 Å². The molecule has 0 bridgehead atoms. The molecule has 1 aliphatic rings. The van der Waals surface area contributed by atoms with Crippen LogP contribution in [0.1, 0.15) is 41.2 Å². The number of phenols is 1. The first-order chi connectivity index (χ1) is 15.4. The van der Waals surface area contributed by atoms with Gasteiger partial charge in [-0.05, 0) is 54.9 Å². The number of carbonyl (C=O) groups is 1. The minimum atomic E-state index is -1.12. The topological polar surface area (TPSA) is 101 Å². The smallest absolute Gasteiger partial charge is 0.275 e. The Balaban J connectivity index is 1.58. The maximum atomic E-state index is 14.2. The second-order valence-corrected chi connectivity index (χ2v) is 8.73. The highest BCUT2D eigenvalue weighted by Crippen LogP contribution is 2.39. The Morgan fingerprint density at radius 1 is 1.28 bits per heavy atom. The van der Waals surface area contributed by atoms with Crippen LogP contribution in [0.3, 0.4) is 0 Å². The molecule has 2 aromatic heterocycles. The summed E-state index contributed by atoms with van der Waals surface area (Å²) in [5, 5.41) is 13.7. The molecule has 0 unspecified atom stereocenters. The lowest BCUT2D eigenvalue weighted by atomic mass is 9.75. The van der Waals surface area contributed by atoms with Gasteiger partial charge in [-0.2, -0.15) is 0 Å². The zero-order valence-electron chi connectivity index (χ0n) is 17.1. The minimum absolute atomic E-state index is 0.00580. The molecule has 0 spiro atoms. The van der Waals surface area contributed by atoms with Crippen molar-refractivity contribution in [3.63, 3.8) is 0 Å². The van der Waals surface area contributed by atoms with Crippen LogP contribution < -0.4 is 11.1 Å². The van der Waals surface area contributed by atoms with Crippen molar-refractivity contribution in [2.24, 2.45) is 11.7 Å². The molecule has 9 heteroatoms. The molecular formula is C23H22F2N4O2S. The van der Waals surface area contributed by atoms with E-state index in [2.05, 4.69) is 21.9 Å². The molecule has 32 heavy (non-hydrogen) atoms. The summed E-state index contributed by atoms with van der Waals surface area (Å²) in [5.41, 5.74) is 7.23. The average Bonchev–Trinajstić information content (AvgIpc) is 3.26. The first-order valence-electron chi connectivity index (χ1n) is 10.1. The van der Waals surface area contributed by atoms with Gasteiger partial charge < -0.3 is 16.2 Å². The van der Waals surface area contributed by atoms with Crippen molar-refractivity contribution < 1.29 is 18.7 Å². The van der Waals surface area contributed by atoms with E-state index in [9.17, 15) is 18.7 Å². The van der Waals surface area contributed by atoms with E-state index in [1.54, 1.807) is 12.4 Å². The fraction of sp³-hybridized carbons (Fsp3) is 0.261. The minimum Gasteiger partial charge on any atom is -0.505 e. The summed E-state index contributed by atoms with van der Waals surface area (Å²) in [6, 6.07) is 3.78. The predicted octanol–water partition coefficient (Wildman–Crippen LogP) is 4.84. The number of nitrogens with one attached hydrogen (secondary N) is 1. The Labute approximate surface area is 187 Å². The number of pyridine rings is 1. The number of benzene rings is 1. The standard InChI is InChI=1S/C23H22F2N4O2S/c1-2-12-7-13(9-14(26)8-12)15-5-6-27-10-17(15)28-22(31)18-11-32-23(29-18)20-16(24)3-4-19(30)21(20)25/h2-6,10-14,30H,1,7-9,26H2,(H,28,31)/t12-,13+,14-/m0/s1. The normalized spacial score (nSPS) is 20.7. The lowest BCUT2D eigenvalue weighted by molar-refractivity contribution is 0.102. The van der Waals surface area contributed by atoms with Crippen molar-refractivity contribution >= 4 is 22.9 Å². The molecule has 0 aliphatic heterocycles. The number of allylic oxidation sites excluding steroid dienone is 1. The number of hydrogen-bond acceptors (Lipinski definition) is 6. The number of anilines is 1. The van der Waals surface area contributed by atoms with Crippen molar-refractivity contribution in [3.05, 3.63) is 71.5 Å². The number of thiazole rings is 1. The summed E-state index contributed by atoms with van der Waals surface area (Å²) >= 11 is 0.908. The number of phenolic OH excluding ortho intramolecular Hbond substituents is 1. The third-order valence-corrected chi connectivity index (χ3v) is 6.54. The van der Waals surface area contributed by atoms with Gasteiger partial charge in [-0.25, -0.2) is 13.8 Å². The van der Waals surface area contributed by atoms with Crippen LogP contribution in [0, 0.1) is 17.6 Å². The Morgan fingerprint density at radius 3 is 2.88 bits per heavy atom. The van der Waals surface area contributed by atoms with E-state index in [0.29, 0.717) is 11.6 Å². The second-order valence-electron chi connectivity index (χ2n) is 7.87. The lowest BCUT2D eigenvalue weighted by Crippen LogP contribution is -2.31. The highest BCUT2D eigenvalue weighted by atomic mass is 32.1. The summed E-state index contributed by atoms with van der Waals surface area (Å²) in [6.07, 6.45) is 7.70. The van der Waals surface area contributed by atoms with Gasteiger partial charge in [0.25, 0.3) is 5.91 Å². The number of nitrogens with two attached hydrogens (primary N) is 1. The van der Waals surface area contributed by atoms with Crippen LogP contribution >= 0.6 is 11.3 Å². The Morgan fingerprint density at radius 2 is 2.09 bits per heavy atom. The van der Waals surface area contributed by atoms with Crippen molar-refractivity contribution in [1.29, 1.82) is 0 Å². The van der Waals surface area contributed by atoms with Crippen molar-refractivity contribution in [3.8, 4) is 16.3 Å². The molecular weight excluding hydrogens is 434 g/mol. The molecule has 0 saturated heterocycles. The predicted molar refractivity (Wildman–Crippen MR) is 120 cm³/mol. The molecule has 1 aromatic carbocycles. The number of aromatic nitrogens is 2. The molecule has 0 radical (unpaired) electrons. The van der Waals surface area contributed by atoms with E-state index < -0.39 is 28.9 Å². The fourth-order valence-electron chi connectivity index (χ4n) is 4.14. The van der Waals surface area contributed by atoms with Gasteiger partial charge in [-0.3, -0.25) is 9.78 Å². The monoisotopic (exact) mass is 456 g/mol. The zero-order valence-corrected chi connectivity index (χ0v) is 17.9. The molecule has 1 aliphatic carbocycles. The van der Waals surface area contributed by atoms with E-state index in [1.807, 2.05) is 12.1 Å². The molecule has 1 saturated carbocycles. The Hall–Kier alpha value is -3.17. The summed E-state index contributed by atoms with van der Waals surface area (Å²) in [4.78, 5) is 21.0. The van der Waals surface area contributed by atoms with Gasteiger partial charge in [0.1, 0.15) is 16.5 Å². The van der Waals surface area contributed by atoms with Gasteiger partial charge in [-0.1, -0.05) is 6.08 Å². The first kappa shape index (κ1) is 22.0. The first-order valence-corrected chi connectivity index (χ1v) is 11.0. The molecule has 166 valence electrons. The number of aromatic hydroxyl groups is 1. The average molecular weight is 457 g/mol. The summed E-state index contributed by atoms with van der Waals surface area (Å²) < 4.78 is 28.3. The van der Waals surface area contributed by atoms with Crippen molar-refractivity contribution in [2.45, 2.75) is 31.2 Å². The van der Waals surface area contributed by atoms with Crippen LogP contribution in [0.15, 0.2) is 48.6 Å². The second kappa shape index (κ2) is 9.13. The molecule has 3 atom stereocenters. The third-order valence-electron chi connectivity index (χ3n) is 5.68. The van der Waals surface area contributed by atoms with Gasteiger partial charge in [0.15, 0.2) is 11.6 Å². The number of carbonyl (C=O) groups excluding carboxylic acids is 1. The van der Waals surface area contributed by atoms with E-state index in [1.165, 1.54) is 5.38 Å². The maximum Gasteiger partial charge on any atom is 0.275 e. The van der Waals surface area contributed by atoms with Gasteiger partial charge in [0.2, 0.25) is 0 Å². The number of nitrogens with zero attached hydrogens (tertiary/aromatic N) is 2. The summed E-state index contributed by atoms with van der Waals surface area (Å²) in [6.45, 7) is 3.89. The fourth-order valence-corrected chi connectivity index (χ4v) is 4.98. The number of hydrogen-bond donors (Lipinski definition) is 3. The van der Waals surface area contributed by atoms with Gasteiger partial charge in [-0.15, -0.1) is 17.9 Å². The van der Waals surface area contributed by atoms with Crippen molar-refractivity contribution in [2.75, 3.05) is 5.32 Å². The summed E-state index contributed by atoms with van der Waals surface area (Å²) in [7, 11) is 0. The van der Waals surface area contributed by atoms with Crippen molar-refractivity contribution in [1.82, 2.24) is 9.97 Å². The van der Waals surface area contributed by atoms with E-state index in [-0.39, 0.29) is 22.7 Å². The van der Waals surface area contributed by atoms with Crippen LogP contribution in [0.25, 0.3) is 10.6 Å². The van der Waals surface area contributed by atoms with E-state index >= 15 is 0 Å². The van der Waals surface area contributed by atoms with Crippen LogP contribution in [-0.2, 0) is 0 Å². The Kier molecular flexibility index (Phi) is 6.29. The highest BCUT2D eigenvalue weighted by molar-refractivity contribution is 7.13. The third kappa shape index (κ3) is 4.39. The lowest BCUT2D eigenvalue weighted by Gasteiger charge is -2.32. The molecule has 4 rings (SSSR count). The molecule has 1 fully saturated rings. The van der Waals surface area contributed by atoms with E-state index in [0.717, 1.165) is 48.3 Å². The number of amides is 1. The Bertz CT molecular complexity index is 1170. The molecule has 4 N–H and O–H groups in total. The van der Waals surface area contributed by atoms with E-state index in [4.69, 9.17) is 5.73 Å². The van der Waals surface area contributed by atoms with Crippen LogP contribution in [-0.4, -0.2) is 27.0 Å². The van der Waals surface area contributed by atoms with Crippen LogP contribution in [0.4, 0.5) is 14.5 Å². The molecule has 2 heterocycles. The number of rotatable bonds is 5. The molecule has 6 nitrogen and oxygen atoms in total. The van der Waals surface area contributed by atoms with Gasteiger partial charge in [0, 0.05) is 17.6 Å². The maximum absolute atomic E-state index is 14.2.